The number of aliphatic hydroxyl groups excluding tert-OH is 1. The first-order chi connectivity index (χ1) is 22.3. The number of nitrogen functional groups attached to an aromatic ring is 1. The zero-order valence-electron chi connectivity index (χ0n) is 27.4. The Morgan fingerprint density at radius 1 is 1.27 bits per heavy atom. The van der Waals surface area contributed by atoms with E-state index in [2.05, 4.69) is 24.9 Å². The lowest BCUT2D eigenvalue weighted by Gasteiger charge is -2.41. The normalized spacial score (nSPS) is 25.1. The third kappa shape index (κ3) is 7.42. The van der Waals surface area contributed by atoms with Crippen LogP contribution in [0.15, 0.2) is 30.6 Å². The average molecular weight is 713 g/mol. The van der Waals surface area contributed by atoms with Crippen molar-refractivity contribution >= 4 is 46.7 Å². The molecule has 3 aromatic rings. The minimum atomic E-state index is -4.36. The smallest absolute Gasteiger partial charge is 0.459 e. The molecule has 3 heterocycles. The van der Waals surface area contributed by atoms with Crippen molar-refractivity contribution in [1.82, 2.24) is 29.4 Å². The number of rotatable bonds is 13. The van der Waals surface area contributed by atoms with Crippen LogP contribution in [0.4, 0.5) is 11.8 Å². The Morgan fingerprint density at radius 2 is 1.94 bits per heavy atom. The lowest BCUT2D eigenvalue weighted by Crippen LogP contribution is -2.57. The molecule has 5 rings (SSSR count). The number of esters is 1. The van der Waals surface area contributed by atoms with Crippen molar-refractivity contribution in [3.8, 4) is 5.75 Å². The number of nitrogens with one attached hydrogen (secondary N) is 2. The second kappa shape index (κ2) is 13.1. The summed E-state index contributed by atoms with van der Waals surface area (Å²) in [7, 11) is -6.66. The molecule has 20 heteroatoms. The number of hydrogen-bond donors (Lipinski definition) is 5. The SMILES string of the molecule is Cc1ccc(OP(=O)(NC2(C(=O)OC(C)C)CCC2)OCC2OC(n3cnc4c(N(C)NS(C)(=O)=O)nc(N)nc43)[C@](C)(O)[C@@H]2O)cc1. The van der Waals surface area contributed by atoms with E-state index in [4.69, 9.17) is 24.3 Å². The molecular formula is C28H41N8O10PS. The molecule has 2 aromatic heterocycles. The molecule has 5 atom stereocenters. The average Bonchev–Trinajstić information content (AvgIpc) is 3.46. The second-order valence-corrected chi connectivity index (χ2v) is 15.9. The highest BCUT2D eigenvalue weighted by Crippen LogP contribution is 2.51. The van der Waals surface area contributed by atoms with E-state index >= 15 is 0 Å². The molecule has 6 N–H and O–H groups in total. The first-order valence-corrected chi connectivity index (χ1v) is 18.5. The molecule has 0 spiro atoms. The largest absolute Gasteiger partial charge is 0.462 e. The van der Waals surface area contributed by atoms with Gasteiger partial charge in [0.2, 0.25) is 16.0 Å². The fraction of sp³-hybridized carbons (Fsp3) is 0.571. The van der Waals surface area contributed by atoms with Gasteiger partial charge < -0.3 is 29.9 Å². The van der Waals surface area contributed by atoms with E-state index in [9.17, 15) is 28.0 Å². The number of aryl methyl sites for hydroxylation is 1. The summed E-state index contributed by atoms with van der Waals surface area (Å²) < 4.78 is 62.5. The zero-order chi connectivity index (χ0) is 35.2. The number of nitrogens with two attached hydrogens (primary N) is 1. The summed E-state index contributed by atoms with van der Waals surface area (Å²) in [4.78, 5) is 27.9. The first-order valence-electron chi connectivity index (χ1n) is 15.1. The molecule has 0 amide bonds. The molecule has 1 saturated carbocycles. The van der Waals surface area contributed by atoms with E-state index in [0.29, 0.717) is 19.3 Å². The second-order valence-electron chi connectivity index (χ2n) is 12.5. The molecule has 0 radical (unpaired) electrons. The molecule has 2 aliphatic rings. The number of hydrazine groups is 1. The number of aromatic nitrogens is 4. The van der Waals surface area contributed by atoms with Crippen LogP contribution in [0, 0.1) is 6.92 Å². The molecule has 3 unspecified atom stereocenters. The van der Waals surface area contributed by atoms with E-state index in [1.807, 2.05) is 6.92 Å². The number of carbonyl (C=O) groups is 1. The van der Waals surface area contributed by atoms with Crippen molar-refractivity contribution in [2.24, 2.45) is 0 Å². The van der Waals surface area contributed by atoms with Crippen molar-refractivity contribution in [3.05, 3.63) is 36.2 Å². The maximum absolute atomic E-state index is 14.4. The Kier molecular flexibility index (Phi) is 9.81. The van der Waals surface area contributed by atoms with Crippen molar-refractivity contribution in [2.45, 2.75) is 82.6 Å². The number of carbonyl (C=O) groups excluding carboxylic acids is 1. The minimum Gasteiger partial charge on any atom is -0.462 e. The van der Waals surface area contributed by atoms with Gasteiger partial charge in [0.05, 0.1) is 25.3 Å². The van der Waals surface area contributed by atoms with Crippen molar-refractivity contribution in [2.75, 3.05) is 30.7 Å². The van der Waals surface area contributed by atoms with Crippen LogP contribution < -0.4 is 25.2 Å². The highest BCUT2D eigenvalue weighted by atomic mass is 32.2. The highest BCUT2D eigenvalue weighted by molar-refractivity contribution is 7.88. The van der Waals surface area contributed by atoms with Gasteiger partial charge in [-0.15, -0.1) is 4.83 Å². The number of benzene rings is 1. The number of aliphatic hydroxyl groups is 2. The summed E-state index contributed by atoms with van der Waals surface area (Å²) >= 11 is 0. The number of fused-ring (bicyclic) bond motifs is 1. The maximum atomic E-state index is 14.4. The van der Waals surface area contributed by atoms with Crippen LogP contribution in [0.1, 0.15) is 51.8 Å². The van der Waals surface area contributed by atoms with Gasteiger partial charge in [0.15, 0.2) is 23.2 Å². The summed E-state index contributed by atoms with van der Waals surface area (Å²) in [5.41, 5.74) is 3.73. The molecular weight excluding hydrogens is 671 g/mol. The van der Waals surface area contributed by atoms with Gasteiger partial charge in [-0.25, -0.2) is 18.0 Å². The van der Waals surface area contributed by atoms with E-state index in [-0.39, 0.29) is 28.7 Å². The summed E-state index contributed by atoms with van der Waals surface area (Å²) in [6, 6.07) is 6.71. The highest BCUT2D eigenvalue weighted by Gasteiger charge is 2.56. The van der Waals surface area contributed by atoms with Crippen LogP contribution in [-0.2, 0) is 33.4 Å². The van der Waals surface area contributed by atoms with Gasteiger partial charge in [-0.1, -0.05) is 17.7 Å². The van der Waals surface area contributed by atoms with E-state index in [0.717, 1.165) is 16.8 Å². The monoisotopic (exact) mass is 712 g/mol. The van der Waals surface area contributed by atoms with Gasteiger partial charge in [0.25, 0.3) is 0 Å². The van der Waals surface area contributed by atoms with Crippen molar-refractivity contribution in [3.63, 3.8) is 0 Å². The lowest BCUT2D eigenvalue weighted by atomic mass is 9.78. The Hall–Kier alpha value is -3.42. The van der Waals surface area contributed by atoms with Crippen LogP contribution in [0.3, 0.4) is 0 Å². The standard InChI is InChI=1S/C28H41N8O10PS/c1-16(2)44-25(38)28(12-7-13-28)33-47(40,46-18-10-8-17(3)9-11-18)43-14-19-21(37)27(4,39)24(45-19)36-15-30-20-22(31-26(29)32-23(20)36)35(5)34-48(6,41)42/h8-11,15-16,19,21,24,34,37,39H,7,12-14H2,1-6H3,(H,33,40)(H2,29,31,32)/t19?,21-,24?,27-,47?/m1/s1. The Bertz CT molecular complexity index is 1820. The molecule has 18 nitrogen and oxygen atoms in total. The van der Waals surface area contributed by atoms with Crippen LogP contribution in [0.5, 0.6) is 5.75 Å². The fourth-order valence-electron chi connectivity index (χ4n) is 5.47. The van der Waals surface area contributed by atoms with E-state index in [1.54, 1.807) is 38.1 Å². The Morgan fingerprint density at radius 3 is 2.52 bits per heavy atom. The molecule has 1 aliphatic carbocycles. The molecule has 2 fully saturated rings. The van der Waals surface area contributed by atoms with Crippen LogP contribution in [0.25, 0.3) is 11.2 Å². The maximum Gasteiger partial charge on any atom is 0.459 e. The Balaban J connectivity index is 1.41. The van der Waals surface area contributed by atoms with Gasteiger partial charge >= 0.3 is 13.7 Å². The van der Waals surface area contributed by atoms with Gasteiger partial charge in [0, 0.05) is 7.05 Å². The summed E-state index contributed by atoms with van der Waals surface area (Å²) in [6.07, 6.45) is -1.05. The topological polar surface area (TPSA) is 243 Å². The number of sulfonamides is 1. The van der Waals surface area contributed by atoms with Gasteiger partial charge in [-0.2, -0.15) is 15.1 Å². The number of imidazole rings is 1. The van der Waals surface area contributed by atoms with Gasteiger partial charge in [-0.05, 0) is 59.1 Å². The third-order valence-electron chi connectivity index (χ3n) is 7.99. The fourth-order valence-corrected chi connectivity index (χ4v) is 7.79. The number of anilines is 2. The number of ether oxygens (including phenoxy) is 2. The third-order valence-corrected chi connectivity index (χ3v) is 10.2. The summed E-state index contributed by atoms with van der Waals surface area (Å²) in [5, 5.41) is 26.6. The summed E-state index contributed by atoms with van der Waals surface area (Å²) in [6.45, 7) is 6.07. The van der Waals surface area contributed by atoms with Crippen molar-refractivity contribution in [1.29, 1.82) is 0 Å². The molecule has 264 valence electrons. The van der Waals surface area contributed by atoms with Gasteiger partial charge in [0.1, 0.15) is 29.1 Å². The number of hydrogen-bond acceptors (Lipinski definition) is 15. The Labute approximate surface area is 277 Å². The summed E-state index contributed by atoms with van der Waals surface area (Å²) in [5.74, 6) is -0.610. The van der Waals surface area contributed by atoms with Crippen LogP contribution in [0.2, 0.25) is 0 Å². The lowest BCUT2D eigenvalue weighted by molar-refractivity contribution is -0.158. The first kappa shape index (κ1) is 35.9. The zero-order valence-corrected chi connectivity index (χ0v) is 29.1. The molecule has 1 aliphatic heterocycles. The predicted octanol–water partition coefficient (Wildman–Crippen LogP) is 1.29. The van der Waals surface area contributed by atoms with Crippen LogP contribution >= 0.6 is 7.75 Å². The van der Waals surface area contributed by atoms with Crippen molar-refractivity contribution < 1.29 is 46.5 Å². The predicted molar refractivity (Wildman–Crippen MR) is 173 cm³/mol. The molecule has 1 saturated heterocycles. The number of nitrogens with zero attached hydrogens (tertiary/aromatic N) is 5. The molecule has 1 aromatic carbocycles. The quantitative estimate of drug-likeness (QED) is 0.0952. The van der Waals surface area contributed by atoms with Crippen LogP contribution in [-0.4, -0.2) is 93.5 Å². The molecule has 48 heavy (non-hydrogen) atoms. The molecule has 0 bridgehead atoms. The van der Waals surface area contributed by atoms with E-state index < -0.39 is 66.0 Å². The van der Waals surface area contributed by atoms with E-state index in [1.165, 1.54) is 24.9 Å². The van der Waals surface area contributed by atoms with Gasteiger partial charge in [-0.3, -0.25) is 18.9 Å². The minimum absolute atomic E-state index is 0.0148.